The van der Waals surface area contributed by atoms with Gasteiger partial charge in [0.05, 0.1) is 16.2 Å². The highest BCUT2D eigenvalue weighted by atomic mass is 32.2. The van der Waals surface area contributed by atoms with Crippen LogP contribution in [0.1, 0.15) is 11.1 Å². The van der Waals surface area contributed by atoms with E-state index in [1.54, 1.807) is 0 Å². The third kappa shape index (κ3) is 3.58. The van der Waals surface area contributed by atoms with Crippen molar-refractivity contribution in [3.05, 3.63) is 52.4 Å². The monoisotopic (exact) mass is 413 g/mol. The normalized spacial score (nSPS) is 16.4. The molecule has 0 atom stereocenters. The van der Waals surface area contributed by atoms with Crippen LogP contribution in [0.5, 0.6) is 17.2 Å². The summed E-state index contributed by atoms with van der Waals surface area (Å²) in [6.45, 7) is 0. The van der Waals surface area contributed by atoms with Gasteiger partial charge in [0.2, 0.25) is 5.75 Å². The zero-order valence-electron chi connectivity index (χ0n) is 13.2. The number of carbonyl (C=O) groups excluding carboxylic acids is 1. The van der Waals surface area contributed by atoms with Crippen LogP contribution >= 0.6 is 24.0 Å². The molecule has 3 rings (SSSR count). The van der Waals surface area contributed by atoms with Crippen LogP contribution < -0.4 is 4.90 Å². The number of thioether (sulfide) groups is 1. The average Bonchev–Trinajstić information content (AvgIpc) is 2.88. The molecule has 0 unspecified atom stereocenters. The smallest absolute Gasteiger partial charge is 0.416 e. The second-order valence-electron chi connectivity index (χ2n) is 5.44. The van der Waals surface area contributed by atoms with Crippen molar-refractivity contribution in [3.63, 3.8) is 0 Å². The predicted molar refractivity (Wildman–Crippen MR) is 98.5 cm³/mol. The molecule has 2 aromatic carbocycles. The topological polar surface area (TPSA) is 81.0 Å². The van der Waals surface area contributed by atoms with Crippen molar-refractivity contribution in [1.82, 2.24) is 0 Å². The van der Waals surface area contributed by atoms with Gasteiger partial charge in [-0.25, -0.2) is 0 Å². The Kier molecular flexibility index (Phi) is 4.79. The first-order chi connectivity index (χ1) is 12.6. The second kappa shape index (κ2) is 6.78. The van der Waals surface area contributed by atoms with Crippen molar-refractivity contribution in [2.24, 2.45) is 0 Å². The molecule has 1 aliphatic heterocycles. The molecule has 1 heterocycles. The number of thiocarbonyl (C=S) groups is 1. The molecule has 140 valence electrons. The van der Waals surface area contributed by atoms with Crippen LogP contribution in [-0.2, 0) is 11.0 Å². The minimum Gasteiger partial charge on any atom is -0.504 e. The van der Waals surface area contributed by atoms with Crippen LogP contribution in [0.25, 0.3) is 6.08 Å². The molecular weight excluding hydrogens is 403 g/mol. The Morgan fingerprint density at radius 3 is 2.44 bits per heavy atom. The van der Waals surface area contributed by atoms with Crippen molar-refractivity contribution in [2.75, 3.05) is 4.90 Å². The van der Waals surface area contributed by atoms with E-state index in [0.717, 1.165) is 34.9 Å². The maximum atomic E-state index is 12.9. The van der Waals surface area contributed by atoms with Gasteiger partial charge in [0, 0.05) is 5.56 Å². The summed E-state index contributed by atoms with van der Waals surface area (Å²) in [5.41, 5.74) is -0.914. The molecule has 0 radical (unpaired) electrons. The summed E-state index contributed by atoms with van der Waals surface area (Å²) in [6.07, 6.45) is -3.34. The first-order valence-corrected chi connectivity index (χ1v) is 8.51. The highest BCUT2D eigenvalue weighted by molar-refractivity contribution is 8.27. The maximum absolute atomic E-state index is 12.9. The van der Waals surface area contributed by atoms with Crippen LogP contribution in [-0.4, -0.2) is 25.5 Å². The molecule has 0 aliphatic carbocycles. The van der Waals surface area contributed by atoms with Crippen LogP contribution in [0.4, 0.5) is 18.9 Å². The molecule has 3 N–H and O–H groups in total. The number of phenols is 3. The number of aromatic hydroxyl groups is 3. The van der Waals surface area contributed by atoms with Gasteiger partial charge in [0.1, 0.15) is 0 Å². The van der Waals surface area contributed by atoms with Crippen molar-refractivity contribution in [2.45, 2.75) is 6.18 Å². The average molecular weight is 413 g/mol. The summed E-state index contributed by atoms with van der Waals surface area (Å²) in [4.78, 5) is 13.6. The minimum absolute atomic E-state index is 0.0214. The van der Waals surface area contributed by atoms with Gasteiger partial charge in [-0.3, -0.25) is 9.69 Å². The van der Waals surface area contributed by atoms with Crippen LogP contribution in [0.3, 0.4) is 0 Å². The molecule has 1 aliphatic rings. The van der Waals surface area contributed by atoms with Crippen LogP contribution in [0.15, 0.2) is 41.3 Å². The highest BCUT2D eigenvalue weighted by Gasteiger charge is 2.36. The number of amides is 1. The van der Waals surface area contributed by atoms with Crippen LogP contribution in [0.2, 0.25) is 0 Å². The van der Waals surface area contributed by atoms with E-state index in [0.29, 0.717) is 0 Å². The van der Waals surface area contributed by atoms with Gasteiger partial charge >= 0.3 is 6.18 Å². The molecule has 1 saturated heterocycles. The van der Waals surface area contributed by atoms with Gasteiger partial charge in [-0.2, -0.15) is 13.2 Å². The third-order valence-electron chi connectivity index (χ3n) is 3.67. The van der Waals surface area contributed by atoms with E-state index in [4.69, 9.17) is 12.2 Å². The summed E-state index contributed by atoms with van der Waals surface area (Å²) in [5.74, 6) is -2.60. The number of hydrogen-bond acceptors (Lipinski definition) is 6. The number of rotatable bonds is 2. The van der Waals surface area contributed by atoms with Crippen molar-refractivity contribution >= 4 is 46.0 Å². The third-order valence-corrected chi connectivity index (χ3v) is 4.98. The number of benzene rings is 2. The Morgan fingerprint density at radius 1 is 1.07 bits per heavy atom. The summed E-state index contributed by atoms with van der Waals surface area (Å²) in [7, 11) is 0. The lowest BCUT2D eigenvalue weighted by atomic mass is 10.1. The zero-order chi connectivity index (χ0) is 19.9. The summed E-state index contributed by atoms with van der Waals surface area (Å²) in [5, 5.41) is 28.7. The Labute approximate surface area is 160 Å². The Hall–Kier alpha value is -2.72. The second-order valence-corrected chi connectivity index (χ2v) is 7.11. The SMILES string of the molecule is O=C1C(=Cc2ccc(O)c(O)c2O)SC(=S)N1c1cccc(C(F)(F)F)c1. The number of nitrogens with zero attached hydrogens (tertiary/aromatic N) is 1. The number of halogens is 3. The number of phenolic OH excluding ortho intramolecular Hbond substituents is 3. The molecule has 27 heavy (non-hydrogen) atoms. The molecule has 0 spiro atoms. The van der Waals surface area contributed by atoms with Gasteiger partial charge in [0.15, 0.2) is 15.8 Å². The van der Waals surface area contributed by atoms with Crippen LogP contribution in [0, 0.1) is 0 Å². The summed E-state index contributed by atoms with van der Waals surface area (Å²) >= 11 is 5.94. The maximum Gasteiger partial charge on any atom is 0.416 e. The predicted octanol–water partition coefficient (Wildman–Crippen LogP) is 4.23. The van der Waals surface area contributed by atoms with Gasteiger partial charge in [-0.1, -0.05) is 30.0 Å². The fourth-order valence-electron chi connectivity index (χ4n) is 2.35. The molecule has 1 amide bonds. The van der Waals surface area contributed by atoms with Gasteiger partial charge in [-0.15, -0.1) is 0 Å². The van der Waals surface area contributed by atoms with E-state index in [2.05, 4.69) is 0 Å². The molecule has 2 aromatic rings. The molecule has 0 bridgehead atoms. The summed E-state index contributed by atoms with van der Waals surface area (Å²) in [6, 6.07) is 6.58. The van der Waals surface area contributed by atoms with E-state index < -0.39 is 34.9 Å². The lowest BCUT2D eigenvalue weighted by Crippen LogP contribution is -2.27. The summed E-state index contributed by atoms with van der Waals surface area (Å²) < 4.78 is 38.7. The van der Waals surface area contributed by atoms with E-state index in [1.165, 1.54) is 24.3 Å². The molecule has 0 saturated carbocycles. The standard InChI is InChI=1S/C17H10F3NO4S2/c18-17(19,20)9-2-1-3-10(7-9)21-15(25)12(27-16(21)26)6-8-4-5-11(22)14(24)13(8)23/h1-7,22-24H. The Balaban J connectivity index is 1.98. The number of alkyl halides is 3. The zero-order valence-corrected chi connectivity index (χ0v) is 14.8. The number of hydrogen-bond donors (Lipinski definition) is 3. The molecular formula is C17H10F3NO4S2. The quantitative estimate of drug-likeness (QED) is 0.389. The van der Waals surface area contributed by atoms with E-state index in [9.17, 15) is 33.3 Å². The van der Waals surface area contributed by atoms with E-state index >= 15 is 0 Å². The Morgan fingerprint density at radius 2 is 1.78 bits per heavy atom. The van der Waals surface area contributed by atoms with E-state index in [-0.39, 0.29) is 20.5 Å². The van der Waals surface area contributed by atoms with Gasteiger partial charge in [-0.05, 0) is 36.4 Å². The largest absolute Gasteiger partial charge is 0.504 e. The fraction of sp³-hybridized carbons (Fsp3) is 0.0588. The molecule has 10 heteroatoms. The van der Waals surface area contributed by atoms with Crippen molar-refractivity contribution in [1.29, 1.82) is 0 Å². The highest BCUT2D eigenvalue weighted by Crippen LogP contribution is 2.42. The fourth-order valence-corrected chi connectivity index (χ4v) is 3.64. The molecule has 0 aromatic heterocycles. The lowest BCUT2D eigenvalue weighted by Gasteiger charge is -2.16. The van der Waals surface area contributed by atoms with Gasteiger partial charge in [0.25, 0.3) is 5.91 Å². The first-order valence-electron chi connectivity index (χ1n) is 7.28. The number of carbonyl (C=O) groups is 1. The molecule has 1 fully saturated rings. The Bertz CT molecular complexity index is 989. The molecule has 5 nitrogen and oxygen atoms in total. The van der Waals surface area contributed by atoms with E-state index in [1.807, 2.05) is 0 Å². The lowest BCUT2D eigenvalue weighted by molar-refractivity contribution is -0.137. The minimum atomic E-state index is -4.57. The van der Waals surface area contributed by atoms with Gasteiger partial charge < -0.3 is 15.3 Å². The van der Waals surface area contributed by atoms with Crippen molar-refractivity contribution < 1.29 is 33.3 Å². The van der Waals surface area contributed by atoms with Crippen molar-refractivity contribution in [3.8, 4) is 17.2 Å². The first kappa shape index (κ1) is 19.1. The number of anilines is 1.